The van der Waals surface area contributed by atoms with Gasteiger partial charge in [0.15, 0.2) is 11.4 Å². The van der Waals surface area contributed by atoms with Gasteiger partial charge in [-0.2, -0.15) is 0 Å². The molecule has 2 heterocycles. The first-order valence-corrected chi connectivity index (χ1v) is 13.0. The van der Waals surface area contributed by atoms with Crippen LogP contribution in [0.1, 0.15) is 62.2 Å². The molecule has 38 heavy (non-hydrogen) atoms. The Morgan fingerprint density at radius 2 is 2.00 bits per heavy atom. The summed E-state index contributed by atoms with van der Waals surface area (Å²) in [4.78, 5) is 33.3. The van der Waals surface area contributed by atoms with Crippen LogP contribution in [0.25, 0.3) is 16.7 Å². The van der Waals surface area contributed by atoms with Crippen LogP contribution in [-0.4, -0.2) is 41.3 Å². The van der Waals surface area contributed by atoms with Crippen LogP contribution in [0, 0.1) is 23.0 Å². The first kappa shape index (κ1) is 26.4. The van der Waals surface area contributed by atoms with Crippen molar-refractivity contribution in [2.45, 2.75) is 57.5 Å². The highest BCUT2D eigenvalue weighted by molar-refractivity contribution is 5.99. The number of ketones is 1. The summed E-state index contributed by atoms with van der Waals surface area (Å²) in [6.45, 7) is 1.03. The Kier molecular flexibility index (Phi) is 6.82. The fourth-order valence-corrected chi connectivity index (χ4v) is 6.74. The van der Waals surface area contributed by atoms with E-state index >= 15 is 4.39 Å². The van der Waals surface area contributed by atoms with Crippen molar-refractivity contribution in [1.29, 1.82) is 0 Å². The second-order valence-electron chi connectivity index (χ2n) is 11.3. The number of benzene rings is 1. The molecule has 2 aliphatic carbocycles. The van der Waals surface area contributed by atoms with Gasteiger partial charge >= 0.3 is 0 Å². The maximum absolute atomic E-state index is 15.2. The second kappa shape index (κ2) is 9.82. The number of carbonyl (C=O) groups excluding carboxylic acids is 1. The average molecular weight is 530 g/mol. The van der Waals surface area contributed by atoms with E-state index in [1.165, 1.54) is 22.9 Å². The smallest absolute Gasteiger partial charge is 0.201 e. The lowest BCUT2D eigenvalue weighted by Gasteiger charge is -2.49. The summed E-state index contributed by atoms with van der Waals surface area (Å²) in [7, 11) is 1.63. The first-order chi connectivity index (χ1) is 18.0. The maximum atomic E-state index is 15.2. The number of anilines is 1. The minimum absolute atomic E-state index is 0.0282. The molecule has 0 radical (unpaired) electrons. The number of pyridine rings is 2. The van der Waals surface area contributed by atoms with Crippen molar-refractivity contribution in [2.24, 2.45) is 11.3 Å². The molecule has 2 fully saturated rings. The van der Waals surface area contributed by atoms with Gasteiger partial charge in [-0.25, -0.2) is 22.5 Å². The van der Waals surface area contributed by atoms with E-state index in [1.807, 2.05) is 0 Å². The van der Waals surface area contributed by atoms with Gasteiger partial charge < -0.3 is 4.90 Å². The molecule has 2 aromatic heterocycles. The highest BCUT2D eigenvalue weighted by Crippen LogP contribution is 2.55. The molecule has 9 heteroatoms. The molecule has 0 aliphatic heterocycles. The van der Waals surface area contributed by atoms with Crippen LogP contribution in [0.2, 0.25) is 0 Å². The highest BCUT2D eigenvalue weighted by atomic mass is 19.1. The highest BCUT2D eigenvalue weighted by Gasteiger charge is 2.49. The number of nitrogens with zero attached hydrogens (tertiary/aromatic N) is 3. The van der Waals surface area contributed by atoms with E-state index in [9.17, 15) is 22.8 Å². The van der Waals surface area contributed by atoms with E-state index in [-0.39, 0.29) is 47.6 Å². The Labute approximate surface area is 218 Å². The summed E-state index contributed by atoms with van der Waals surface area (Å²) < 4.78 is 58.1. The zero-order chi connectivity index (χ0) is 27.2. The Morgan fingerprint density at radius 1 is 1.21 bits per heavy atom. The van der Waals surface area contributed by atoms with Crippen LogP contribution in [-0.2, 0) is 0 Å². The molecule has 3 aromatic rings. The molecule has 3 atom stereocenters. The lowest BCUT2D eigenvalue weighted by molar-refractivity contribution is -0.0303. The van der Waals surface area contributed by atoms with Crippen molar-refractivity contribution in [1.82, 2.24) is 9.55 Å². The van der Waals surface area contributed by atoms with Crippen molar-refractivity contribution in [3.63, 3.8) is 0 Å². The molecular weight excluding hydrogens is 498 g/mol. The summed E-state index contributed by atoms with van der Waals surface area (Å²) in [6, 6.07) is 6.03. The molecule has 5 nitrogen and oxygen atoms in total. The van der Waals surface area contributed by atoms with E-state index in [0.29, 0.717) is 18.3 Å². The van der Waals surface area contributed by atoms with Crippen LogP contribution >= 0.6 is 0 Å². The molecule has 2 bridgehead atoms. The predicted octanol–water partition coefficient (Wildman–Crippen LogP) is 6.34. The number of hydrogen-bond acceptors (Lipinski definition) is 4. The van der Waals surface area contributed by atoms with Crippen molar-refractivity contribution in [2.75, 3.05) is 25.2 Å². The number of rotatable bonds is 7. The summed E-state index contributed by atoms with van der Waals surface area (Å²) in [5.74, 6) is -1.54. The van der Waals surface area contributed by atoms with Crippen LogP contribution in [0.3, 0.4) is 0 Å². The number of halogens is 4. The molecule has 2 aliphatic rings. The quantitative estimate of drug-likeness (QED) is 0.265. The summed E-state index contributed by atoms with van der Waals surface area (Å²) in [5, 5.41) is 0.0787. The van der Waals surface area contributed by atoms with Gasteiger partial charge in [0.05, 0.1) is 16.6 Å². The monoisotopic (exact) mass is 529 g/mol. The normalized spacial score (nSPS) is 24.9. The maximum Gasteiger partial charge on any atom is 0.201 e. The van der Waals surface area contributed by atoms with E-state index < -0.39 is 40.6 Å². The van der Waals surface area contributed by atoms with Gasteiger partial charge in [-0.3, -0.25) is 14.2 Å². The van der Waals surface area contributed by atoms with Crippen LogP contribution in [0.5, 0.6) is 0 Å². The molecule has 0 amide bonds. The van der Waals surface area contributed by atoms with Crippen LogP contribution < -0.4 is 10.3 Å². The van der Waals surface area contributed by atoms with Crippen LogP contribution in [0.4, 0.5) is 23.4 Å². The number of Topliss-reactive ketones (excluding diaryl/α,β-unsaturated/α-hetero) is 1. The van der Waals surface area contributed by atoms with Gasteiger partial charge in [-0.05, 0) is 68.2 Å². The third kappa shape index (κ3) is 4.95. The lowest BCUT2D eigenvalue weighted by Crippen LogP contribution is -2.44. The summed E-state index contributed by atoms with van der Waals surface area (Å²) in [6.07, 6.45) is 5.35. The van der Waals surface area contributed by atoms with Gasteiger partial charge in [0.1, 0.15) is 29.8 Å². The van der Waals surface area contributed by atoms with Gasteiger partial charge in [0.25, 0.3) is 0 Å². The van der Waals surface area contributed by atoms with Crippen molar-refractivity contribution >= 4 is 22.6 Å². The molecule has 3 unspecified atom stereocenters. The average Bonchev–Trinajstić information content (AvgIpc) is 2.83. The van der Waals surface area contributed by atoms with Crippen molar-refractivity contribution in [3.8, 4) is 5.69 Å². The van der Waals surface area contributed by atoms with Crippen molar-refractivity contribution in [3.05, 3.63) is 63.9 Å². The molecular formula is C29H31F4N3O2. The minimum atomic E-state index is -1.36. The third-order valence-corrected chi connectivity index (χ3v) is 8.15. The standard InChI is InChI=1S/C29H31F4N3O2/c1-28(33)13-18-4-3-9-29(14-18,17-28)15-24(37)21-16-36(23-7-5-19(31)12-22(23)32)27-20(26(21)38)6-8-25(34-27)35(2)11-10-30/h5-8,12,16,18H,3-4,9-11,13-15,17H2,1-2H3. The van der Waals surface area contributed by atoms with E-state index in [2.05, 4.69) is 4.98 Å². The van der Waals surface area contributed by atoms with Gasteiger partial charge in [-0.1, -0.05) is 12.8 Å². The number of alkyl halides is 2. The zero-order valence-electron chi connectivity index (χ0n) is 21.6. The largest absolute Gasteiger partial charge is 0.357 e. The molecule has 2 saturated carbocycles. The number of aromatic nitrogens is 2. The Bertz CT molecular complexity index is 1450. The fraction of sp³-hybridized carbons (Fsp3) is 0.483. The molecule has 5 rings (SSSR count). The van der Waals surface area contributed by atoms with Gasteiger partial charge in [-0.15, -0.1) is 0 Å². The number of fused-ring (bicyclic) bond motifs is 3. The zero-order valence-corrected chi connectivity index (χ0v) is 21.6. The van der Waals surface area contributed by atoms with Crippen LogP contribution in [0.15, 0.2) is 41.3 Å². The topological polar surface area (TPSA) is 55.2 Å². The third-order valence-electron chi connectivity index (χ3n) is 8.15. The van der Waals surface area contributed by atoms with E-state index in [1.54, 1.807) is 24.9 Å². The van der Waals surface area contributed by atoms with Crippen molar-refractivity contribution < 1.29 is 22.4 Å². The first-order valence-electron chi connectivity index (χ1n) is 13.0. The summed E-state index contributed by atoms with van der Waals surface area (Å²) >= 11 is 0. The second-order valence-corrected chi connectivity index (χ2v) is 11.3. The Morgan fingerprint density at radius 3 is 2.74 bits per heavy atom. The molecule has 0 N–H and O–H groups in total. The SMILES string of the molecule is CN(CCF)c1ccc2c(=O)c(C(=O)CC34CCCC(CC(C)(F)C3)C4)cn(-c3ccc(F)cc3F)c2n1. The molecule has 202 valence electrons. The van der Waals surface area contributed by atoms with Gasteiger partial charge in [0.2, 0.25) is 5.43 Å². The lowest BCUT2D eigenvalue weighted by atomic mass is 9.56. The Hall–Kier alpha value is -3.23. The molecule has 0 saturated heterocycles. The summed E-state index contributed by atoms with van der Waals surface area (Å²) in [5.41, 5.74) is -2.62. The predicted molar refractivity (Wildman–Crippen MR) is 139 cm³/mol. The minimum Gasteiger partial charge on any atom is -0.357 e. The number of hydrogen-bond donors (Lipinski definition) is 0. The molecule has 1 aromatic carbocycles. The fourth-order valence-electron chi connectivity index (χ4n) is 6.74. The number of carbonyl (C=O) groups is 1. The van der Waals surface area contributed by atoms with E-state index in [0.717, 1.165) is 31.7 Å². The van der Waals surface area contributed by atoms with E-state index in [4.69, 9.17) is 0 Å². The molecule has 0 spiro atoms. The van der Waals surface area contributed by atoms with Gasteiger partial charge in [0, 0.05) is 32.3 Å². The Balaban J connectivity index is 1.63.